The number of benzene rings is 3. The molecule has 33 heavy (non-hydrogen) atoms. The van der Waals surface area contributed by atoms with Crippen LogP contribution in [0.2, 0.25) is 0 Å². The number of piperazine rings is 1. The number of aryl methyl sites for hydroxylation is 2. The smallest absolute Gasteiger partial charge is 0.255 e. The van der Waals surface area contributed by atoms with Gasteiger partial charge < -0.3 is 9.47 Å². The summed E-state index contributed by atoms with van der Waals surface area (Å²) in [5.41, 5.74) is 4.00. The summed E-state index contributed by atoms with van der Waals surface area (Å²) in [5, 5.41) is 0. The topological polar surface area (TPSA) is 59.1 Å². The molecule has 170 valence electrons. The molecule has 1 aliphatic rings. The van der Waals surface area contributed by atoms with Crippen molar-refractivity contribution in [2.45, 2.75) is 19.9 Å². The van der Waals surface area contributed by atoms with Gasteiger partial charge in [0.05, 0.1) is 19.9 Å². The molecule has 1 fully saturated rings. The van der Waals surface area contributed by atoms with Gasteiger partial charge in [-0.25, -0.2) is 0 Å². The van der Waals surface area contributed by atoms with E-state index in [2.05, 4.69) is 15.9 Å². The van der Waals surface area contributed by atoms with E-state index in [0.29, 0.717) is 17.2 Å². The molecule has 7 heteroatoms. The van der Waals surface area contributed by atoms with Gasteiger partial charge in [-0.15, -0.1) is 0 Å². The third-order valence-electron chi connectivity index (χ3n) is 5.77. The first-order valence-corrected chi connectivity index (χ1v) is 11.3. The van der Waals surface area contributed by atoms with Gasteiger partial charge in [-0.1, -0.05) is 45.8 Å². The average Bonchev–Trinajstić information content (AvgIpc) is 2.80. The Morgan fingerprint density at radius 3 is 2.33 bits per heavy atom. The zero-order valence-electron chi connectivity index (χ0n) is 19.0. The summed E-state index contributed by atoms with van der Waals surface area (Å²) in [4.78, 5) is 30.7. The number of methoxy groups -OCH3 is 2. The van der Waals surface area contributed by atoms with Gasteiger partial charge >= 0.3 is 0 Å². The first-order chi connectivity index (χ1) is 15.8. The molecule has 6 nitrogen and oxygen atoms in total. The molecule has 3 aromatic rings. The molecule has 0 aromatic heterocycles. The number of halogens is 1. The van der Waals surface area contributed by atoms with E-state index in [-0.39, 0.29) is 18.4 Å². The lowest BCUT2D eigenvalue weighted by Gasteiger charge is -2.41. The Balaban J connectivity index is 1.86. The van der Waals surface area contributed by atoms with Crippen LogP contribution in [-0.4, -0.2) is 32.6 Å². The Bertz CT molecular complexity index is 1230. The summed E-state index contributed by atoms with van der Waals surface area (Å²) in [6.07, 6.45) is 0. The Kier molecular flexibility index (Phi) is 6.42. The van der Waals surface area contributed by atoms with Crippen molar-refractivity contribution in [2.75, 3.05) is 30.6 Å². The second-order valence-electron chi connectivity index (χ2n) is 7.97. The third kappa shape index (κ3) is 4.33. The van der Waals surface area contributed by atoms with Crippen LogP contribution in [-0.2, 0) is 9.59 Å². The van der Waals surface area contributed by atoms with Crippen molar-refractivity contribution in [3.05, 3.63) is 81.8 Å². The van der Waals surface area contributed by atoms with Gasteiger partial charge in [0.2, 0.25) is 5.91 Å². The number of rotatable bonds is 5. The number of amides is 2. The highest BCUT2D eigenvalue weighted by atomic mass is 79.9. The fourth-order valence-corrected chi connectivity index (χ4v) is 4.64. The highest BCUT2D eigenvalue weighted by molar-refractivity contribution is 9.10. The second-order valence-corrected chi connectivity index (χ2v) is 8.89. The van der Waals surface area contributed by atoms with Gasteiger partial charge in [0.25, 0.3) is 5.91 Å². The van der Waals surface area contributed by atoms with Gasteiger partial charge in [0, 0.05) is 16.2 Å². The summed E-state index contributed by atoms with van der Waals surface area (Å²) in [7, 11) is 3.09. The predicted octanol–water partition coefficient (Wildman–Crippen LogP) is 5.20. The Labute approximate surface area is 201 Å². The number of hydrogen-bond donors (Lipinski definition) is 0. The van der Waals surface area contributed by atoms with Crippen molar-refractivity contribution in [2.24, 2.45) is 0 Å². The molecule has 0 saturated carbocycles. The summed E-state index contributed by atoms with van der Waals surface area (Å²) < 4.78 is 11.6. The molecule has 0 spiro atoms. The molecule has 0 radical (unpaired) electrons. The van der Waals surface area contributed by atoms with Crippen LogP contribution >= 0.6 is 15.9 Å². The zero-order chi connectivity index (χ0) is 23.7. The van der Waals surface area contributed by atoms with Crippen LogP contribution in [0, 0.1) is 13.8 Å². The number of carbonyl (C=O) groups excluding carboxylic acids is 2. The highest BCUT2D eigenvalue weighted by Gasteiger charge is 2.43. The Morgan fingerprint density at radius 1 is 0.909 bits per heavy atom. The lowest BCUT2D eigenvalue weighted by Crippen LogP contribution is -2.56. The number of hydrogen-bond acceptors (Lipinski definition) is 4. The van der Waals surface area contributed by atoms with E-state index in [9.17, 15) is 9.59 Å². The maximum absolute atomic E-state index is 14.0. The standard InChI is InChI=1S/C26H25BrN2O4/c1-16-8-10-21(17(2)12-16)29-24(30)15-28(22-11-9-20(32-3)14-23(22)33-4)26(31)25(29)18-6-5-7-19(27)13-18/h5-14,25H,15H2,1-4H3/t25-/m1/s1. The fraction of sp³-hybridized carbons (Fsp3) is 0.231. The van der Waals surface area contributed by atoms with E-state index in [1.165, 1.54) is 12.0 Å². The lowest BCUT2D eigenvalue weighted by molar-refractivity contribution is -0.128. The third-order valence-corrected chi connectivity index (χ3v) is 6.27. The van der Waals surface area contributed by atoms with Gasteiger partial charge in [0.15, 0.2) is 0 Å². The molecule has 0 unspecified atom stereocenters. The van der Waals surface area contributed by atoms with Crippen molar-refractivity contribution in [3.63, 3.8) is 0 Å². The molecule has 3 aromatic carbocycles. The minimum Gasteiger partial charge on any atom is -0.497 e. The molecule has 1 heterocycles. The van der Waals surface area contributed by atoms with Crippen LogP contribution in [0.4, 0.5) is 11.4 Å². The summed E-state index contributed by atoms with van der Waals surface area (Å²) in [6, 6.07) is 17.8. The highest BCUT2D eigenvalue weighted by Crippen LogP contribution is 2.40. The van der Waals surface area contributed by atoms with Crippen LogP contribution in [0.25, 0.3) is 0 Å². The van der Waals surface area contributed by atoms with Crippen LogP contribution in [0.5, 0.6) is 11.5 Å². The molecule has 1 saturated heterocycles. The quantitative estimate of drug-likeness (QED) is 0.474. The summed E-state index contributed by atoms with van der Waals surface area (Å²) in [5.74, 6) is 0.677. The first-order valence-electron chi connectivity index (χ1n) is 10.5. The molecule has 4 rings (SSSR count). The minimum atomic E-state index is -0.822. The largest absolute Gasteiger partial charge is 0.497 e. The number of carbonyl (C=O) groups is 2. The van der Waals surface area contributed by atoms with E-state index in [1.54, 1.807) is 30.2 Å². The van der Waals surface area contributed by atoms with E-state index in [0.717, 1.165) is 26.9 Å². The van der Waals surface area contributed by atoms with Gasteiger partial charge in [-0.3, -0.25) is 19.4 Å². The minimum absolute atomic E-state index is 0.0979. The van der Waals surface area contributed by atoms with Gasteiger partial charge in [-0.2, -0.15) is 0 Å². The lowest BCUT2D eigenvalue weighted by atomic mass is 9.98. The Morgan fingerprint density at radius 2 is 1.67 bits per heavy atom. The van der Waals surface area contributed by atoms with Crippen molar-refractivity contribution in [1.29, 1.82) is 0 Å². The normalized spacial score (nSPS) is 16.2. The monoisotopic (exact) mass is 508 g/mol. The molecule has 0 aliphatic carbocycles. The molecular formula is C26H25BrN2O4. The molecule has 0 N–H and O–H groups in total. The maximum atomic E-state index is 14.0. The van der Waals surface area contributed by atoms with Crippen LogP contribution in [0.3, 0.4) is 0 Å². The van der Waals surface area contributed by atoms with E-state index in [4.69, 9.17) is 9.47 Å². The van der Waals surface area contributed by atoms with E-state index >= 15 is 0 Å². The average molecular weight is 509 g/mol. The predicted molar refractivity (Wildman–Crippen MR) is 132 cm³/mol. The molecule has 2 amide bonds. The van der Waals surface area contributed by atoms with Gasteiger partial charge in [0.1, 0.15) is 24.1 Å². The molecular weight excluding hydrogens is 484 g/mol. The number of anilines is 2. The number of nitrogens with zero attached hydrogens (tertiary/aromatic N) is 2. The van der Waals surface area contributed by atoms with Crippen LogP contribution in [0.1, 0.15) is 22.7 Å². The van der Waals surface area contributed by atoms with Crippen LogP contribution < -0.4 is 19.3 Å². The number of ether oxygens (including phenoxy) is 2. The van der Waals surface area contributed by atoms with Crippen molar-refractivity contribution in [1.82, 2.24) is 0 Å². The maximum Gasteiger partial charge on any atom is 0.255 e. The van der Waals surface area contributed by atoms with E-state index in [1.807, 2.05) is 56.3 Å². The SMILES string of the molecule is COc1ccc(N2CC(=O)N(c3ccc(C)cc3C)[C@H](c3cccc(Br)c3)C2=O)c(OC)c1. The van der Waals surface area contributed by atoms with Crippen LogP contribution in [0.15, 0.2) is 65.1 Å². The van der Waals surface area contributed by atoms with Crippen molar-refractivity contribution >= 4 is 39.1 Å². The summed E-state index contributed by atoms with van der Waals surface area (Å²) in [6.45, 7) is 3.86. The van der Waals surface area contributed by atoms with Gasteiger partial charge in [-0.05, 0) is 55.3 Å². The van der Waals surface area contributed by atoms with Crippen molar-refractivity contribution in [3.8, 4) is 11.5 Å². The molecule has 0 bridgehead atoms. The first kappa shape index (κ1) is 22.9. The Hall–Kier alpha value is -3.32. The molecule has 1 atom stereocenters. The zero-order valence-corrected chi connectivity index (χ0v) is 20.5. The van der Waals surface area contributed by atoms with Crippen molar-refractivity contribution < 1.29 is 19.1 Å². The van der Waals surface area contributed by atoms with E-state index < -0.39 is 6.04 Å². The molecule has 1 aliphatic heterocycles. The summed E-state index contributed by atoms with van der Waals surface area (Å²) >= 11 is 3.50. The second kappa shape index (κ2) is 9.27. The fourth-order valence-electron chi connectivity index (χ4n) is 4.22.